The molecule has 0 bridgehead atoms. The molecule has 1 amide bonds. The largest absolute Gasteiger partial charge is 0.399 e. The summed E-state index contributed by atoms with van der Waals surface area (Å²) in [4.78, 5) is 12.6. The molecule has 2 aromatic rings. The number of hydrogen-bond donors (Lipinski definition) is 2. The van der Waals surface area contributed by atoms with Gasteiger partial charge in [0.25, 0.3) is 5.91 Å². The summed E-state index contributed by atoms with van der Waals surface area (Å²) in [6.45, 7) is 8.13. The SMILES string of the molecule is CCOCCOCc1cccc(NC(=O)c2cc(N)ccc2C)c1C. The van der Waals surface area contributed by atoms with E-state index in [1.165, 1.54) is 0 Å². The van der Waals surface area contributed by atoms with Crippen LogP contribution < -0.4 is 11.1 Å². The normalized spacial score (nSPS) is 10.7. The van der Waals surface area contributed by atoms with E-state index < -0.39 is 0 Å². The monoisotopic (exact) mass is 342 g/mol. The molecule has 0 aromatic heterocycles. The van der Waals surface area contributed by atoms with Gasteiger partial charge in [-0.1, -0.05) is 18.2 Å². The van der Waals surface area contributed by atoms with Gasteiger partial charge in [-0.2, -0.15) is 0 Å². The van der Waals surface area contributed by atoms with Crippen molar-refractivity contribution in [2.75, 3.05) is 30.9 Å². The van der Waals surface area contributed by atoms with E-state index in [0.29, 0.717) is 37.7 Å². The van der Waals surface area contributed by atoms with E-state index in [-0.39, 0.29) is 5.91 Å². The molecule has 0 spiro atoms. The van der Waals surface area contributed by atoms with Crippen LogP contribution >= 0.6 is 0 Å². The molecule has 0 aliphatic heterocycles. The average Bonchev–Trinajstić information content (AvgIpc) is 2.59. The van der Waals surface area contributed by atoms with Crippen molar-refractivity contribution in [3.8, 4) is 0 Å². The number of carbonyl (C=O) groups excluding carboxylic acids is 1. The molecule has 0 saturated heterocycles. The Balaban J connectivity index is 2.06. The molecular weight excluding hydrogens is 316 g/mol. The van der Waals surface area contributed by atoms with E-state index in [9.17, 15) is 4.79 Å². The maximum atomic E-state index is 12.6. The van der Waals surface area contributed by atoms with Crippen molar-refractivity contribution in [3.63, 3.8) is 0 Å². The smallest absolute Gasteiger partial charge is 0.256 e. The minimum Gasteiger partial charge on any atom is -0.399 e. The Hall–Kier alpha value is -2.37. The van der Waals surface area contributed by atoms with Gasteiger partial charge in [0.15, 0.2) is 0 Å². The lowest BCUT2D eigenvalue weighted by Gasteiger charge is -2.14. The Morgan fingerprint density at radius 2 is 1.88 bits per heavy atom. The van der Waals surface area contributed by atoms with Crippen LogP contribution in [0.5, 0.6) is 0 Å². The van der Waals surface area contributed by atoms with E-state index in [1.807, 2.05) is 45.0 Å². The number of ether oxygens (including phenoxy) is 2. The molecule has 0 aliphatic rings. The molecule has 0 heterocycles. The lowest BCUT2D eigenvalue weighted by atomic mass is 10.0. The van der Waals surface area contributed by atoms with E-state index >= 15 is 0 Å². The fourth-order valence-electron chi connectivity index (χ4n) is 2.49. The Labute approximate surface area is 149 Å². The van der Waals surface area contributed by atoms with Crippen molar-refractivity contribution < 1.29 is 14.3 Å². The molecule has 0 radical (unpaired) electrons. The fourth-order valence-corrected chi connectivity index (χ4v) is 2.49. The number of hydrogen-bond acceptors (Lipinski definition) is 4. The number of nitrogen functional groups attached to an aromatic ring is 1. The Morgan fingerprint density at radius 3 is 2.64 bits per heavy atom. The second-order valence-electron chi connectivity index (χ2n) is 5.87. The summed E-state index contributed by atoms with van der Waals surface area (Å²) < 4.78 is 10.9. The number of rotatable bonds is 8. The van der Waals surface area contributed by atoms with Gasteiger partial charge < -0.3 is 20.5 Å². The van der Waals surface area contributed by atoms with Crippen molar-refractivity contribution in [3.05, 3.63) is 58.7 Å². The third-order valence-electron chi connectivity index (χ3n) is 4.03. The number of aryl methyl sites for hydroxylation is 1. The Morgan fingerprint density at radius 1 is 1.12 bits per heavy atom. The lowest BCUT2D eigenvalue weighted by Crippen LogP contribution is -2.15. The third kappa shape index (κ3) is 5.31. The summed E-state index contributed by atoms with van der Waals surface area (Å²) >= 11 is 0. The molecule has 25 heavy (non-hydrogen) atoms. The van der Waals surface area contributed by atoms with Gasteiger partial charge in [0.2, 0.25) is 0 Å². The number of benzene rings is 2. The Kier molecular flexibility index (Phi) is 6.98. The molecule has 3 N–H and O–H groups in total. The number of carbonyl (C=O) groups is 1. The first-order valence-corrected chi connectivity index (χ1v) is 8.44. The third-order valence-corrected chi connectivity index (χ3v) is 4.03. The fraction of sp³-hybridized carbons (Fsp3) is 0.350. The van der Waals surface area contributed by atoms with Gasteiger partial charge in [0.05, 0.1) is 19.8 Å². The van der Waals surface area contributed by atoms with Gasteiger partial charge in [-0.05, 0) is 55.7 Å². The quantitative estimate of drug-likeness (QED) is 0.567. The van der Waals surface area contributed by atoms with E-state index in [4.69, 9.17) is 15.2 Å². The van der Waals surface area contributed by atoms with E-state index in [2.05, 4.69) is 5.32 Å². The van der Waals surface area contributed by atoms with Crippen LogP contribution in [0.2, 0.25) is 0 Å². The molecule has 2 aromatic carbocycles. The molecule has 0 unspecified atom stereocenters. The van der Waals surface area contributed by atoms with Crippen LogP contribution in [0, 0.1) is 13.8 Å². The van der Waals surface area contributed by atoms with E-state index in [1.54, 1.807) is 12.1 Å². The molecule has 0 fully saturated rings. The van der Waals surface area contributed by atoms with E-state index in [0.717, 1.165) is 22.4 Å². The van der Waals surface area contributed by atoms with Crippen LogP contribution in [-0.2, 0) is 16.1 Å². The average molecular weight is 342 g/mol. The maximum absolute atomic E-state index is 12.6. The Bertz CT molecular complexity index is 729. The highest BCUT2D eigenvalue weighted by Gasteiger charge is 2.12. The first-order chi connectivity index (χ1) is 12.0. The van der Waals surface area contributed by atoms with Crippen molar-refractivity contribution in [2.24, 2.45) is 0 Å². The van der Waals surface area contributed by atoms with Gasteiger partial charge >= 0.3 is 0 Å². The highest BCUT2D eigenvalue weighted by molar-refractivity contribution is 6.06. The highest BCUT2D eigenvalue weighted by atomic mass is 16.5. The highest BCUT2D eigenvalue weighted by Crippen LogP contribution is 2.22. The summed E-state index contributed by atoms with van der Waals surface area (Å²) in [5.41, 5.74) is 10.6. The molecule has 0 atom stereocenters. The minimum atomic E-state index is -0.165. The summed E-state index contributed by atoms with van der Waals surface area (Å²) in [6, 6.07) is 11.1. The predicted octanol–water partition coefficient (Wildman–Crippen LogP) is 3.69. The van der Waals surface area contributed by atoms with Gasteiger partial charge in [-0.3, -0.25) is 4.79 Å². The second-order valence-corrected chi connectivity index (χ2v) is 5.87. The topological polar surface area (TPSA) is 73.6 Å². The van der Waals surface area contributed by atoms with Crippen LogP contribution in [0.25, 0.3) is 0 Å². The predicted molar refractivity (Wildman–Crippen MR) is 101 cm³/mol. The van der Waals surface area contributed by atoms with Crippen LogP contribution in [0.4, 0.5) is 11.4 Å². The molecule has 5 heteroatoms. The summed E-state index contributed by atoms with van der Waals surface area (Å²) in [5.74, 6) is -0.165. The first-order valence-electron chi connectivity index (χ1n) is 8.44. The number of nitrogens with one attached hydrogen (secondary N) is 1. The number of amides is 1. The van der Waals surface area contributed by atoms with Gasteiger partial charge in [0.1, 0.15) is 0 Å². The van der Waals surface area contributed by atoms with Crippen LogP contribution in [0.1, 0.15) is 34.0 Å². The van der Waals surface area contributed by atoms with Gasteiger partial charge in [-0.15, -0.1) is 0 Å². The van der Waals surface area contributed by atoms with Crippen LogP contribution in [0.3, 0.4) is 0 Å². The summed E-state index contributed by atoms with van der Waals surface area (Å²) in [7, 11) is 0. The first kappa shape index (κ1) is 19.0. The summed E-state index contributed by atoms with van der Waals surface area (Å²) in [5, 5.41) is 2.97. The van der Waals surface area contributed by atoms with Crippen molar-refractivity contribution in [1.29, 1.82) is 0 Å². The van der Waals surface area contributed by atoms with Gasteiger partial charge in [-0.25, -0.2) is 0 Å². The van der Waals surface area contributed by atoms with Crippen LogP contribution in [-0.4, -0.2) is 25.7 Å². The standard InChI is InChI=1S/C20H26N2O3/c1-4-24-10-11-25-13-16-6-5-7-19(15(16)3)22-20(23)18-12-17(21)9-8-14(18)2/h5-9,12H,4,10-11,13,21H2,1-3H3,(H,22,23). The molecule has 2 rings (SSSR count). The second kappa shape index (κ2) is 9.20. The van der Waals surface area contributed by atoms with Crippen LogP contribution in [0.15, 0.2) is 36.4 Å². The number of nitrogens with two attached hydrogens (primary N) is 1. The molecule has 0 saturated carbocycles. The van der Waals surface area contributed by atoms with Crippen molar-refractivity contribution in [2.45, 2.75) is 27.4 Å². The zero-order valence-electron chi connectivity index (χ0n) is 15.1. The maximum Gasteiger partial charge on any atom is 0.256 e. The zero-order chi connectivity index (χ0) is 18.2. The minimum absolute atomic E-state index is 0.165. The number of anilines is 2. The molecule has 0 aliphatic carbocycles. The summed E-state index contributed by atoms with van der Waals surface area (Å²) in [6.07, 6.45) is 0. The molecule has 5 nitrogen and oxygen atoms in total. The lowest BCUT2D eigenvalue weighted by molar-refractivity contribution is 0.0451. The molecular formula is C20H26N2O3. The molecule has 134 valence electrons. The van der Waals surface area contributed by atoms with Crippen molar-refractivity contribution >= 4 is 17.3 Å². The van der Waals surface area contributed by atoms with Crippen molar-refractivity contribution in [1.82, 2.24) is 0 Å². The van der Waals surface area contributed by atoms with Gasteiger partial charge in [0, 0.05) is 23.5 Å². The zero-order valence-corrected chi connectivity index (χ0v) is 15.1.